The molecule has 0 radical (unpaired) electrons. The molecule has 0 spiro atoms. The van der Waals surface area contributed by atoms with Gasteiger partial charge in [0.2, 0.25) is 0 Å². The highest BCUT2D eigenvalue weighted by atomic mass is 19.4. The number of aryl methyl sites for hydroxylation is 1. The standard InChI is InChI=1S/C15H20F3N/c1-10-4-5-11(15(16,17)18)8-13(10)19-12-6-7-14(2,3)9-12/h4-5,8,12,19H,6-7,9H2,1-3H3. The van der Waals surface area contributed by atoms with Gasteiger partial charge in [-0.1, -0.05) is 19.9 Å². The molecular formula is C15H20F3N. The van der Waals surface area contributed by atoms with Crippen LogP contribution in [0, 0.1) is 12.3 Å². The van der Waals surface area contributed by atoms with Crippen molar-refractivity contribution in [1.82, 2.24) is 0 Å². The Hall–Kier alpha value is -1.19. The summed E-state index contributed by atoms with van der Waals surface area (Å²) in [6.45, 7) is 6.24. The maximum absolute atomic E-state index is 12.7. The fourth-order valence-corrected chi connectivity index (χ4v) is 2.73. The van der Waals surface area contributed by atoms with Crippen LogP contribution in [0.15, 0.2) is 18.2 Å². The molecule has 0 aromatic heterocycles. The Bertz CT molecular complexity index is 463. The predicted molar refractivity (Wildman–Crippen MR) is 71.2 cm³/mol. The average Bonchev–Trinajstić information content (AvgIpc) is 2.60. The van der Waals surface area contributed by atoms with E-state index < -0.39 is 11.7 Å². The third kappa shape index (κ3) is 3.43. The zero-order valence-corrected chi connectivity index (χ0v) is 11.6. The lowest BCUT2D eigenvalue weighted by Crippen LogP contribution is -2.18. The van der Waals surface area contributed by atoms with Crippen molar-refractivity contribution in [3.63, 3.8) is 0 Å². The van der Waals surface area contributed by atoms with Gasteiger partial charge in [-0.25, -0.2) is 0 Å². The molecule has 0 amide bonds. The summed E-state index contributed by atoms with van der Waals surface area (Å²) in [7, 11) is 0. The minimum atomic E-state index is -4.28. The summed E-state index contributed by atoms with van der Waals surface area (Å²) in [6, 6.07) is 4.17. The first-order valence-corrected chi connectivity index (χ1v) is 6.62. The summed E-state index contributed by atoms with van der Waals surface area (Å²) in [5, 5.41) is 3.28. The summed E-state index contributed by atoms with van der Waals surface area (Å²) in [5.74, 6) is 0. The number of nitrogens with one attached hydrogen (secondary N) is 1. The molecule has 2 rings (SSSR count). The van der Waals surface area contributed by atoms with Gasteiger partial charge in [-0.2, -0.15) is 13.2 Å². The van der Waals surface area contributed by atoms with Crippen molar-refractivity contribution in [3.05, 3.63) is 29.3 Å². The van der Waals surface area contributed by atoms with Crippen LogP contribution in [0.3, 0.4) is 0 Å². The fourth-order valence-electron chi connectivity index (χ4n) is 2.73. The molecule has 1 nitrogen and oxygen atoms in total. The highest BCUT2D eigenvalue weighted by Crippen LogP contribution is 2.39. The van der Waals surface area contributed by atoms with Crippen LogP contribution < -0.4 is 5.32 Å². The van der Waals surface area contributed by atoms with Gasteiger partial charge in [-0.15, -0.1) is 0 Å². The molecule has 1 saturated carbocycles. The van der Waals surface area contributed by atoms with Gasteiger partial charge >= 0.3 is 6.18 Å². The summed E-state index contributed by atoms with van der Waals surface area (Å²) in [4.78, 5) is 0. The molecule has 1 aliphatic rings. The van der Waals surface area contributed by atoms with Gasteiger partial charge in [0.15, 0.2) is 0 Å². The number of hydrogen-bond acceptors (Lipinski definition) is 1. The van der Waals surface area contributed by atoms with Gasteiger partial charge in [-0.3, -0.25) is 0 Å². The summed E-state index contributed by atoms with van der Waals surface area (Å²) >= 11 is 0. The topological polar surface area (TPSA) is 12.0 Å². The Morgan fingerprint density at radius 3 is 2.47 bits per heavy atom. The molecular weight excluding hydrogens is 251 g/mol. The molecule has 0 saturated heterocycles. The molecule has 4 heteroatoms. The maximum Gasteiger partial charge on any atom is 0.416 e. The normalized spacial score (nSPS) is 22.5. The highest BCUT2D eigenvalue weighted by molar-refractivity contribution is 5.54. The van der Waals surface area contributed by atoms with Crippen LogP contribution in [0.2, 0.25) is 0 Å². The van der Waals surface area contributed by atoms with E-state index in [2.05, 4.69) is 19.2 Å². The second-order valence-electron chi connectivity index (χ2n) is 6.28. The zero-order valence-electron chi connectivity index (χ0n) is 11.6. The summed E-state index contributed by atoms with van der Waals surface area (Å²) < 4.78 is 38.1. The van der Waals surface area contributed by atoms with E-state index in [4.69, 9.17) is 0 Å². The van der Waals surface area contributed by atoms with Crippen LogP contribution in [0.5, 0.6) is 0 Å². The van der Waals surface area contributed by atoms with Crippen LogP contribution in [-0.2, 0) is 6.18 Å². The number of rotatable bonds is 2. The second kappa shape index (κ2) is 4.73. The monoisotopic (exact) mass is 271 g/mol. The van der Waals surface area contributed by atoms with Crippen molar-refractivity contribution in [2.45, 2.75) is 52.3 Å². The van der Waals surface area contributed by atoms with Gasteiger partial charge < -0.3 is 5.32 Å². The Kier molecular flexibility index (Phi) is 3.54. The Balaban J connectivity index is 2.16. The minimum Gasteiger partial charge on any atom is -0.382 e. The van der Waals surface area contributed by atoms with E-state index in [0.717, 1.165) is 30.9 Å². The zero-order chi connectivity index (χ0) is 14.3. The van der Waals surface area contributed by atoms with E-state index in [0.29, 0.717) is 5.69 Å². The summed E-state index contributed by atoms with van der Waals surface area (Å²) in [5.41, 5.74) is 1.17. The van der Waals surface area contributed by atoms with E-state index in [1.807, 2.05) is 6.92 Å². The molecule has 1 aromatic carbocycles. The third-order valence-electron chi connectivity index (χ3n) is 3.89. The fraction of sp³-hybridized carbons (Fsp3) is 0.600. The van der Waals surface area contributed by atoms with Crippen molar-refractivity contribution in [3.8, 4) is 0 Å². The first-order chi connectivity index (χ1) is 8.67. The first kappa shape index (κ1) is 14.2. The number of benzene rings is 1. The molecule has 0 heterocycles. The van der Waals surface area contributed by atoms with Crippen molar-refractivity contribution in [1.29, 1.82) is 0 Å². The molecule has 1 N–H and O–H groups in total. The van der Waals surface area contributed by atoms with Crippen LogP contribution in [0.25, 0.3) is 0 Å². The van der Waals surface area contributed by atoms with E-state index in [1.54, 1.807) is 0 Å². The highest BCUT2D eigenvalue weighted by Gasteiger charge is 2.33. The number of alkyl halides is 3. The van der Waals surface area contributed by atoms with E-state index in [-0.39, 0.29) is 11.5 Å². The van der Waals surface area contributed by atoms with Gasteiger partial charge in [0.05, 0.1) is 5.56 Å². The largest absolute Gasteiger partial charge is 0.416 e. The maximum atomic E-state index is 12.7. The lowest BCUT2D eigenvalue weighted by Gasteiger charge is -2.20. The molecule has 0 bridgehead atoms. The van der Waals surface area contributed by atoms with Crippen molar-refractivity contribution in [2.75, 3.05) is 5.32 Å². The molecule has 1 atom stereocenters. The Morgan fingerprint density at radius 2 is 1.95 bits per heavy atom. The van der Waals surface area contributed by atoms with Gasteiger partial charge in [-0.05, 0) is 49.3 Å². The molecule has 1 fully saturated rings. The van der Waals surface area contributed by atoms with Gasteiger partial charge in [0.1, 0.15) is 0 Å². The predicted octanol–water partition coefficient (Wildman–Crippen LogP) is 5.00. The quantitative estimate of drug-likeness (QED) is 0.797. The minimum absolute atomic E-state index is 0.275. The van der Waals surface area contributed by atoms with Crippen LogP contribution in [0.4, 0.5) is 18.9 Å². The molecule has 19 heavy (non-hydrogen) atoms. The molecule has 1 unspecified atom stereocenters. The van der Waals surface area contributed by atoms with Crippen molar-refractivity contribution < 1.29 is 13.2 Å². The second-order valence-corrected chi connectivity index (χ2v) is 6.28. The average molecular weight is 271 g/mol. The van der Waals surface area contributed by atoms with Crippen LogP contribution in [0.1, 0.15) is 44.2 Å². The van der Waals surface area contributed by atoms with Crippen molar-refractivity contribution >= 4 is 5.69 Å². The van der Waals surface area contributed by atoms with E-state index in [1.165, 1.54) is 12.1 Å². The lowest BCUT2D eigenvalue weighted by atomic mass is 9.92. The number of hydrogen-bond donors (Lipinski definition) is 1. The van der Waals surface area contributed by atoms with Crippen molar-refractivity contribution in [2.24, 2.45) is 5.41 Å². The summed E-state index contributed by atoms with van der Waals surface area (Å²) in [6.07, 6.45) is -1.15. The van der Waals surface area contributed by atoms with E-state index >= 15 is 0 Å². The third-order valence-corrected chi connectivity index (χ3v) is 3.89. The van der Waals surface area contributed by atoms with Gasteiger partial charge in [0.25, 0.3) is 0 Å². The number of anilines is 1. The first-order valence-electron chi connectivity index (χ1n) is 6.62. The SMILES string of the molecule is Cc1ccc(C(F)(F)F)cc1NC1CCC(C)(C)C1. The Morgan fingerprint density at radius 1 is 1.26 bits per heavy atom. The lowest BCUT2D eigenvalue weighted by molar-refractivity contribution is -0.137. The Labute approximate surface area is 112 Å². The molecule has 1 aromatic rings. The van der Waals surface area contributed by atoms with Crippen LogP contribution >= 0.6 is 0 Å². The smallest absolute Gasteiger partial charge is 0.382 e. The number of halogens is 3. The van der Waals surface area contributed by atoms with Crippen LogP contribution in [-0.4, -0.2) is 6.04 Å². The van der Waals surface area contributed by atoms with Gasteiger partial charge in [0, 0.05) is 11.7 Å². The molecule has 106 valence electrons. The molecule has 1 aliphatic carbocycles. The van der Waals surface area contributed by atoms with E-state index in [9.17, 15) is 13.2 Å². The molecule has 0 aliphatic heterocycles.